The highest BCUT2D eigenvalue weighted by Gasteiger charge is 2.21. The number of hydrogen-bond acceptors (Lipinski definition) is 3. The zero-order valence-corrected chi connectivity index (χ0v) is 13.4. The van der Waals surface area contributed by atoms with Gasteiger partial charge in [0.1, 0.15) is 11.6 Å². The minimum atomic E-state index is -0.363. The van der Waals surface area contributed by atoms with Crippen molar-refractivity contribution in [3.63, 3.8) is 0 Å². The van der Waals surface area contributed by atoms with Gasteiger partial charge in [0.05, 0.1) is 15.2 Å². The van der Waals surface area contributed by atoms with E-state index in [1.54, 1.807) is 18.2 Å². The monoisotopic (exact) mass is 370 g/mol. The summed E-state index contributed by atoms with van der Waals surface area (Å²) in [5.74, 6) is 0.405. The molecule has 0 aliphatic heterocycles. The minimum Gasteiger partial charge on any atom is -0.438 e. The van der Waals surface area contributed by atoms with Crippen molar-refractivity contribution in [2.24, 2.45) is 0 Å². The Labute approximate surface area is 135 Å². The maximum absolute atomic E-state index is 13.3. The van der Waals surface area contributed by atoms with Crippen molar-refractivity contribution >= 4 is 27.5 Å². The largest absolute Gasteiger partial charge is 0.438 e. The minimum absolute atomic E-state index is 0.363. The molecule has 1 saturated carbocycles. The molecule has 0 amide bonds. The fraction of sp³-hybridized carbons (Fsp3) is 0.267. The van der Waals surface area contributed by atoms with Crippen molar-refractivity contribution in [2.45, 2.75) is 25.4 Å². The number of rotatable bonds is 5. The summed E-state index contributed by atoms with van der Waals surface area (Å²) in [6, 6.07) is 8.24. The third-order valence-corrected chi connectivity index (χ3v) is 4.14. The van der Waals surface area contributed by atoms with E-state index in [4.69, 9.17) is 16.3 Å². The fourth-order valence-corrected chi connectivity index (χ4v) is 2.34. The average molecular weight is 372 g/mol. The molecule has 21 heavy (non-hydrogen) atoms. The van der Waals surface area contributed by atoms with E-state index in [-0.39, 0.29) is 5.82 Å². The van der Waals surface area contributed by atoms with Crippen LogP contribution in [0.3, 0.4) is 0 Å². The van der Waals surface area contributed by atoms with Crippen LogP contribution in [0.25, 0.3) is 0 Å². The lowest BCUT2D eigenvalue weighted by molar-refractivity contribution is 0.452. The molecule has 0 saturated heterocycles. The quantitative estimate of drug-likeness (QED) is 0.828. The summed E-state index contributed by atoms with van der Waals surface area (Å²) in [5.41, 5.74) is 0.730. The Balaban J connectivity index is 1.78. The summed E-state index contributed by atoms with van der Waals surface area (Å²) in [5, 5.41) is 3.95. The van der Waals surface area contributed by atoms with E-state index in [1.807, 2.05) is 0 Å². The number of halogens is 3. The number of hydrogen-bond donors (Lipinski definition) is 1. The average Bonchev–Trinajstić information content (AvgIpc) is 3.27. The molecule has 1 aliphatic rings. The molecule has 1 aromatic carbocycles. The van der Waals surface area contributed by atoms with Crippen LogP contribution in [0.5, 0.6) is 11.6 Å². The first-order valence-corrected chi connectivity index (χ1v) is 7.80. The van der Waals surface area contributed by atoms with Crippen molar-refractivity contribution in [3.05, 3.63) is 51.3 Å². The van der Waals surface area contributed by atoms with E-state index in [1.165, 1.54) is 25.0 Å². The number of nitrogens with zero attached hydrogens (tertiary/aromatic N) is 1. The van der Waals surface area contributed by atoms with Gasteiger partial charge >= 0.3 is 0 Å². The van der Waals surface area contributed by atoms with Crippen molar-refractivity contribution in [2.75, 3.05) is 0 Å². The second-order valence-electron chi connectivity index (χ2n) is 4.91. The zero-order chi connectivity index (χ0) is 14.8. The number of benzene rings is 1. The van der Waals surface area contributed by atoms with Crippen molar-refractivity contribution in [1.29, 1.82) is 0 Å². The van der Waals surface area contributed by atoms with Crippen LogP contribution in [-0.2, 0) is 6.54 Å². The number of aromatic nitrogens is 1. The standard InChI is InChI=1S/C15H13BrClFN2O/c16-11-4-1-9(18)7-14(11)21-15-6-5-12(17)13(20-15)8-19-10-2-3-10/h1,4-7,10,19H,2-3,8H2. The second kappa shape index (κ2) is 6.30. The molecule has 0 unspecified atom stereocenters. The van der Waals surface area contributed by atoms with Gasteiger partial charge < -0.3 is 10.1 Å². The molecule has 6 heteroatoms. The zero-order valence-electron chi connectivity index (χ0n) is 11.1. The highest BCUT2D eigenvalue weighted by atomic mass is 79.9. The molecule has 2 aromatic rings. The van der Waals surface area contributed by atoms with Crippen LogP contribution < -0.4 is 10.1 Å². The maximum atomic E-state index is 13.3. The van der Waals surface area contributed by atoms with Crippen LogP contribution in [-0.4, -0.2) is 11.0 Å². The van der Waals surface area contributed by atoms with Gasteiger partial charge in [-0.1, -0.05) is 11.6 Å². The molecule has 1 aliphatic carbocycles. The first kappa shape index (κ1) is 14.8. The second-order valence-corrected chi connectivity index (χ2v) is 6.17. The fourth-order valence-electron chi connectivity index (χ4n) is 1.84. The van der Waals surface area contributed by atoms with Crippen LogP contribution in [0.1, 0.15) is 18.5 Å². The van der Waals surface area contributed by atoms with Crippen LogP contribution >= 0.6 is 27.5 Å². The third-order valence-electron chi connectivity index (χ3n) is 3.14. The molecule has 3 nitrogen and oxygen atoms in total. The van der Waals surface area contributed by atoms with Gasteiger partial charge in [-0.3, -0.25) is 0 Å². The summed E-state index contributed by atoms with van der Waals surface area (Å²) in [6.45, 7) is 0.602. The molecular formula is C15H13BrClFN2O. The smallest absolute Gasteiger partial charge is 0.219 e. The molecule has 110 valence electrons. The van der Waals surface area contributed by atoms with Crippen molar-refractivity contribution < 1.29 is 9.13 Å². The van der Waals surface area contributed by atoms with Crippen molar-refractivity contribution in [1.82, 2.24) is 10.3 Å². The summed E-state index contributed by atoms with van der Waals surface area (Å²) in [4.78, 5) is 4.38. The van der Waals surface area contributed by atoms with E-state index in [2.05, 4.69) is 26.2 Å². The normalized spacial score (nSPS) is 14.2. The molecule has 1 heterocycles. The van der Waals surface area contributed by atoms with Crippen LogP contribution in [0.2, 0.25) is 5.02 Å². The van der Waals surface area contributed by atoms with Gasteiger partial charge in [0.15, 0.2) is 0 Å². The Morgan fingerprint density at radius 3 is 2.90 bits per heavy atom. The molecule has 0 radical (unpaired) electrons. The molecule has 3 rings (SSSR count). The predicted octanol–water partition coefficient (Wildman–Crippen LogP) is 4.68. The van der Waals surface area contributed by atoms with Crippen LogP contribution in [0.15, 0.2) is 34.8 Å². The third kappa shape index (κ3) is 3.93. The first-order chi connectivity index (χ1) is 10.1. The van der Waals surface area contributed by atoms with E-state index >= 15 is 0 Å². The topological polar surface area (TPSA) is 34.1 Å². The Morgan fingerprint density at radius 1 is 1.33 bits per heavy atom. The Bertz CT molecular complexity index is 664. The van der Waals surface area contributed by atoms with E-state index in [0.717, 1.165) is 5.69 Å². The SMILES string of the molecule is Fc1ccc(Br)c(Oc2ccc(Cl)c(CNC3CC3)n2)c1. The number of pyridine rings is 1. The number of nitrogens with one attached hydrogen (secondary N) is 1. The van der Waals surface area contributed by atoms with E-state index < -0.39 is 0 Å². The van der Waals surface area contributed by atoms with Gasteiger partial charge in [0.2, 0.25) is 5.88 Å². The highest BCUT2D eigenvalue weighted by molar-refractivity contribution is 9.10. The Hall–Kier alpha value is -1.17. The molecule has 0 bridgehead atoms. The summed E-state index contributed by atoms with van der Waals surface area (Å²) in [6.07, 6.45) is 2.40. The summed E-state index contributed by atoms with van der Waals surface area (Å²) >= 11 is 9.45. The van der Waals surface area contributed by atoms with Crippen LogP contribution in [0.4, 0.5) is 4.39 Å². The van der Waals surface area contributed by atoms with Gasteiger partial charge in [-0.2, -0.15) is 0 Å². The Kier molecular flexibility index (Phi) is 4.42. The Morgan fingerprint density at radius 2 is 2.14 bits per heavy atom. The van der Waals surface area contributed by atoms with Gasteiger partial charge in [-0.15, -0.1) is 0 Å². The molecule has 1 aromatic heterocycles. The van der Waals surface area contributed by atoms with Gasteiger partial charge in [0.25, 0.3) is 0 Å². The molecule has 0 atom stereocenters. The molecule has 1 fully saturated rings. The first-order valence-electron chi connectivity index (χ1n) is 6.63. The van der Waals surface area contributed by atoms with E-state index in [9.17, 15) is 4.39 Å². The lowest BCUT2D eigenvalue weighted by Gasteiger charge is -2.10. The number of ether oxygens (including phenoxy) is 1. The molecular weight excluding hydrogens is 359 g/mol. The van der Waals surface area contributed by atoms with Crippen molar-refractivity contribution in [3.8, 4) is 11.6 Å². The maximum Gasteiger partial charge on any atom is 0.219 e. The predicted molar refractivity (Wildman–Crippen MR) is 83.3 cm³/mol. The summed E-state index contributed by atoms with van der Waals surface area (Å²) in [7, 11) is 0. The highest BCUT2D eigenvalue weighted by Crippen LogP contribution is 2.30. The molecule has 0 spiro atoms. The lowest BCUT2D eigenvalue weighted by atomic mass is 10.3. The van der Waals surface area contributed by atoms with E-state index in [0.29, 0.717) is 33.7 Å². The van der Waals surface area contributed by atoms with Crippen LogP contribution in [0, 0.1) is 5.82 Å². The van der Waals surface area contributed by atoms with Gasteiger partial charge in [-0.25, -0.2) is 9.37 Å². The van der Waals surface area contributed by atoms with Gasteiger partial charge in [0, 0.05) is 24.7 Å². The molecule has 1 N–H and O–H groups in total. The van der Waals surface area contributed by atoms with Gasteiger partial charge in [-0.05, 0) is 47.0 Å². The lowest BCUT2D eigenvalue weighted by Crippen LogP contribution is -2.16. The summed E-state index contributed by atoms with van der Waals surface area (Å²) < 4.78 is 19.5.